The molecular weight excluding hydrogens is 553 g/mol. The van der Waals surface area contributed by atoms with Gasteiger partial charge >= 0.3 is 0 Å². The van der Waals surface area contributed by atoms with Crippen LogP contribution in [0.1, 0.15) is 30.3 Å². The zero-order valence-corrected chi connectivity index (χ0v) is 23.7. The van der Waals surface area contributed by atoms with Crippen molar-refractivity contribution in [1.82, 2.24) is 24.4 Å². The molecule has 0 aliphatic rings. The van der Waals surface area contributed by atoms with E-state index in [1.165, 1.54) is 28.0 Å². The van der Waals surface area contributed by atoms with Gasteiger partial charge in [0.2, 0.25) is 4.96 Å². The molecule has 0 aliphatic heterocycles. The second-order valence-electron chi connectivity index (χ2n) is 9.39. The van der Waals surface area contributed by atoms with Crippen LogP contribution in [0.2, 0.25) is 0 Å². The third kappa shape index (κ3) is 5.57. The molecule has 0 bridgehead atoms. The van der Waals surface area contributed by atoms with Gasteiger partial charge in [0.25, 0.3) is 5.56 Å². The summed E-state index contributed by atoms with van der Waals surface area (Å²) < 4.78 is 28.3. The van der Waals surface area contributed by atoms with Crippen molar-refractivity contribution in [3.63, 3.8) is 0 Å². The molecule has 0 N–H and O–H groups in total. The normalized spacial score (nSPS) is 12.0. The third-order valence-electron chi connectivity index (χ3n) is 6.44. The first-order valence-electron chi connectivity index (χ1n) is 13.3. The number of benzene rings is 3. The number of hydrogen-bond acceptors (Lipinski definition) is 7. The fraction of sp³-hybridized carbons (Fsp3) is 0.125. The molecule has 0 radical (unpaired) electrons. The molecule has 0 amide bonds. The van der Waals surface area contributed by atoms with Crippen molar-refractivity contribution in [2.24, 2.45) is 0 Å². The third-order valence-corrected chi connectivity index (χ3v) is 7.40. The van der Waals surface area contributed by atoms with Crippen LogP contribution in [0.3, 0.4) is 0 Å². The van der Waals surface area contributed by atoms with Gasteiger partial charge in [-0.05, 0) is 72.7 Å². The lowest BCUT2D eigenvalue weighted by Crippen LogP contribution is -2.23. The Morgan fingerprint density at radius 1 is 0.976 bits per heavy atom. The molecule has 42 heavy (non-hydrogen) atoms. The Kier molecular flexibility index (Phi) is 7.61. The predicted molar refractivity (Wildman–Crippen MR) is 163 cm³/mol. The number of rotatable bonds is 9. The highest BCUT2D eigenvalue weighted by molar-refractivity contribution is 7.15. The second-order valence-corrected chi connectivity index (χ2v) is 10.4. The van der Waals surface area contributed by atoms with Gasteiger partial charge in [0.1, 0.15) is 11.5 Å². The van der Waals surface area contributed by atoms with Crippen LogP contribution >= 0.6 is 11.3 Å². The van der Waals surface area contributed by atoms with Crippen LogP contribution in [-0.4, -0.2) is 38.1 Å². The van der Waals surface area contributed by atoms with Crippen LogP contribution in [-0.2, 0) is 0 Å². The molecule has 10 heteroatoms. The first kappa shape index (κ1) is 27.1. The van der Waals surface area contributed by atoms with Crippen molar-refractivity contribution < 1.29 is 13.9 Å². The molecule has 0 fully saturated rings. The number of ether oxygens (including phenoxy) is 2. The summed E-state index contributed by atoms with van der Waals surface area (Å²) in [5, 5.41) is 9.16. The van der Waals surface area contributed by atoms with E-state index in [1.54, 1.807) is 36.1 Å². The summed E-state index contributed by atoms with van der Waals surface area (Å²) in [5.41, 5.74) is 3.54. The summed E-state index contributed by atoms with van der Waals surface area (Å²) >= 11 is 1.24. The van der Waals surface area contributed by atoms with E-state index in [0.29, 0.717) is 44.7 Å². The van der Waals surface area contributed by atoms with Crippen molar-refractivity contribution in [2.45, 2.75) is 13.3 Å². The van der Waals surface area contributed by atoms with Gasteiger partial charge in [0.15, 0.2) is 17.3 Å². The predicted octanol–water partition coefficient (Wildman–Crippen LogP) is 5.66. The molecule has 3 heterocycles. The Bertz CT molecular complexity index is 2000. The SMILES string of the molecule is CCCOc1ccc(/C=C/c2nc3s/c(=C\c4cn(-c5ccccc5)nc4-c4ccc(F)cc4)c(=O)n3n2)cc1OC. The lowest BCUT2D eigenvalue weighted by molar-refractivity contribution is 0.294. The summed E-state index contributed by atoms with van der Waals surface area (Å²) in [5.74, 6) is 1.41. The van der Waals surface area contributed by atoms with Crippen molar-refractivity contribution in [1.29, 1.82) is 0 Å². The van der Waals surface area contributed by atoms with Crippen molar-refractivity contribution in [3.8, 4) is 28.4 Å². The van der Waals surface area contributed by atoms with E-state index in [9.17, 15) is 9.18 Å². The number of methoxy groups -OCH3 is 1. The van der Waals surface area contributed by atoms with Gasteiger partial charge in [0.05, 0.1) is 23.9 Å². The van der Waals surface area contributed by atoms with E-state index in [1.807, 2.05) is 67.7 Å². The maximum Gasteiger partial charge on any atom is 0.291 e. The number of aromatic nitrogens is 5. The summed E-state index contributed by atoms with van der Waals surface area (Å²) in [6, 6.07) is 21.4. The minimum atomic E-state index is -0.332. The quantitative estimate of drug-likeness (QED) is 0.220. The number of hydrogen-bond donors (Lipinski definition) is 0. The highest BCUT2D eigenvalue weighted by Crippen LogP contribution is 2.29. The summed E-state index contributed by atoms with van der Waals surface area (Å²) in [6.45, 7) is 2.66. The van der Waals surface area contributed by atoms with Gasteiger partial charge in [-0.15, -0.1) is 5.10 Å². The van der Waals surface area contributed by atoms with E-state index < -0.39 is 0 Å². The first-order chi connectivity index (χ1) is 20.5. The number of nitrogens with zero attached hydrogens (tertiary/aromatic N) is 5. The van der Waals surface area contributed by atoms with Crippen molar-refractivity contribution in [3.05, 3.63) is 117 Å². The van der Waals surface area contributed by atoms with Crippen molar-refractivity contribution >= 4 is 34.5 Å². The molecule has 0 atom stereocenters. The van der Waals surface area contributed by atoms with E-state index in [2.05, 4.69) is 10.1 Å². The number of para-hydroxylation sites is 1. The van der Waals surface area contributed by atoms with E-state index in [4.69, 9.17) is 14.6 Å². The zero-order chi connectivity index (χ0) is 29.1. The maximum atomic E-state index is 13.6. The van der Waals surface area contributed by atoms with Crippen molar-refractivity contribution in [2.75, 3.05) is 13.7 Å². The largest absolute Gasteiger partial charge is 0.493 e. The van der Waals surface area contributed by atoms with Crippen LogP contribution in [0, 0.1) is 5.82 Å². The molecule has 210 valence electrons. The zero-order valence-electron chi connectivity index (χ0n) is 22.9. The Balaban J connectivity index is 1.33. The monoisotopic (exact) mass is 579 g/mol. The average Bonchev–Trinajstić information content (AvgIpc) is 3.70. The Hall–Kier alpha value is -5.09. The fourth-order valence-corrected chi connectivity index (χ4v) is 5.29. The lowest BCUT2D eigenvalue weighted by atomic mass is 10.1. The van der Waals surface area contributed by atoms with Crippen LogP contribution in [0.4, 0.5) is 4.39 Å². The van der Waals surface area contributed by atoms with Crippen LogP contribution in [0.15, 0.2) is 83.8 Å². The molecule has 0 aliphatic carbocycles. The van der Waals surface area contributed by atoms with Crippen LogP contribution in [0.25, 0.3) is 40.1 Å². The molecule has 0 saturated heterocycles. The van der Waals surface area contributed by atoms with Gasteiger partial charge < -0.3 is 9.47 Å². The molecule has 8 nitrogen and oxygen atoms in total. The molecule has 0 unspecified atom stereocenters. The smallest absolute Gasteiger partial charge is 0.291 e. The highest BCUT2D eigenvalue weighted by Gasteiger charge is 2.14. The molecule has 0 spiro atoms. The summed E-state index contributed by atoms with van der Waals surface area (Å²) in [7, 11) is 1.60. The van der Waals surface area contributed by atoms with Crippen LogP contribution < -0.4 is 19.6 Å². The maximum absolute atomic E-state index is 13.6. The van der Waals surface area contributed by atoms with Gasteiger partial charge in [-0.2, -0.15) is 14.6 Å². The lowest BCUT2D eigenvalue weighted by Gasteiger charge is -2.10. The van der Waals surface area contributed by atoms with Gasteiger partial charge in [-0.3, -0.25) is 4.79 Å². The van der Waals surface area contributed by atoms with Gasteiger partial charge in [-0.1, -0.05) is 48.6 Å². The van der Waals surface area contributed by atoms with E-state index in [0.717, 1.165) is 23.2 Å². The molecule has 3 aromatic carbocycles. The standard InChI is InChI=1S/C32H26FN5O3S/c1-3-17-41-26-15-9-21(18-27(26)40-2)10-16-29-34-32-38(35-29)31(39)28(42-32)19-23-20-37(25-7-5-4-6-8-25)36-30(23)22-11-13-24(33)14-12-22/h4-16,18-20H,3,17H2,1-2H3/b16-10+,28-19-. The summed E-state index contributed by atoms with van der Waals surface area (Å²) in [4.78, 5) is 18.3. The molecule has 6 aromatic rings. The number of fused-ring (bicyclic) bond motifs is 1. The van der Waals surface area contributed by atoms with Gasteiger partial charge in [-0.25, -0.2) is 9.07 Å². The molecule has 0 saturated carbocycles. The van der Waals surface area contributed by atoms with E-state index in [-0.39, 0.29) is 11.4 Å². The Morgan fingerprint density at radius 2 is 1.79 bits per heavy atom. The highest BCUT2D eigenvalue weighted by atomic mass is 32.1. The molecule has 6 rings (SSSR count). The fourth-order valence-electron chi connectivity index (χ4n) is 4.39. The average molecular weight is 580 g/mol. The minimum Gasteiger partial charge on any atom is -0.493 e. The minimum absolute atomic E-state index is 0.279. The molecular formula is C32H26FN5O3S. The number of halogens is 1. The van der Waals surface area contributed by atoms with Gasteiger partial charge in [0, 0.05) is 17.3 Å². The Labute approximate surface area is 244 Å². The van der Waals surface area contributed by atoms with Crippen LogP contribution in [0.5, 0.6) is 11.5 Å². The van der Waals surface area contributed by atoms with E-state index >= 15 is 0 Å². The summed E-state index contributed by atoms with van der Waals surface area (Å²) in [6.07, 6.45) is 8.14. The topological polar surface area (TPSA) is 83.5 Å². The Morgan fingerprint density at radius 3 is 2.52 bits per heavy atom. The second kappa shape index (κ2) is 11.8. The molecule has 3 aromatic heterocycles. The number of thiazole rings is 1. The first-order valence-corrected chi connectivity index (χ1v) is 14.2.